The number of aromatic nitrogens is 3. The topological polar surface area (TPSA) is 98.1 Å². The number of rotatable bonds is 4. The van der Waals surface area contributed by atoms with E-state index in [9.17, 15) is 9.59 Å². The highest BCUT2D eigenvalue weighted by atomic mass is 16.5. The predicted molar refractivity (Wildman–Crippen MR) is 73.9 cm³/mol. The maximum atomic E-state index is 12.0. The third kappa shape index (κ3) is 2.55. The molecule has 2 N–H and O–H groups in total. The van der Waals surface area contributed by atoms with Crippen LogP contribution in [0.5, 0.6) is 5.75 Å². The second-order valence-corrected chi connectivity index (χ2v) is 4.51. The predicted octanol–water partition coefficient (Wildman–Crippen LogP) is 0.809. The monoisotopic (exact) mass is 287 g/mol. The lowest BCUT2D eigenvalue weighted by atomic mass is 10.2. The molecule has 2 aromatic rings. The minimum Gasteiger partial charge on any atom is -0.497 e. The number of hydrogen-bond acceptors (Lipinski definition) is 5. The zero-order chi connectivity index (χ0) is 14.8. The largest absolute Gasteiger partial charge is 0.497 e. The summed E-state index contributed by atoms with van der Waals surface area (Å²) in [6.45, 7) is 0. The van der Waals surface area contributed by atoms with Gasteiger partial charge < -0.3 is 10.1 Å². The number of amides is 2. The van der Waals surface area contributed by atoms with Gasteiger partial charge in [0, 0.05) is 5.69 Å². The molecule has 0 radical (unpaired) electrons. The van der Waals surface area contributed by atoms with Gasteiger partial charge in [0.2, 0.25) is 11.9 Å². The number of anilines is 2. The Kier molecular flexibility index (Phi) is 3.27. The van der Waals surface area contributed by atoms with E-state index in [1.165, 1.54) is 11.0 Å². The van der Waals surface area contributed by atoms with Gasteiger partial charge in [-0.1, -0.05) is 0 Å². The van der Waals surface area contributed by atoms with Crippen LogP contribution in [-0.2, 0) is 9.59 Å². The Balaban J connectivity index is 1.65. The van der Waals surface area contributed by atoms with Crippen LogP contribution in [0.25, 0.3) is 0 Å². The highest BCUT2D eigenvalue weighted by Crippen LogP contribution is 2.24. The number of benzene rings is 1. The van der Waals surface area contributed by atoms with E-state index in [-0.39, 0.29) is 18.2 Å². The van der Waals surface area contributed by atoms with E-state index in [0.717, 1.165) is 0 Å². The van der Waals surface area contributed by atoms with Crippen molar-refractivity contribution in [2.75, 3.05) is 17.7 Å². The zero-order valence-corrected chi connectivity index (χ0v) is 11.2. The van der Waals surface area contributed by atoms with Crippen molar-refractivity contribution in [2.24, 2.45) is 0 Å². The van der Waals surface area contributed by atoms with Gasteiger partial charge in [-0.25, -0.2) is 4.68 Å². The number of carbonyl (C=O) groups excluding carboxylic acids is 2. The highest BCUT2D eigenvalue weighted by molar-refractivity contribution is 6.00. The molecule has 0 bridgehead atoms. The van der Waals surface area contributed by atoms with Crippen molar-refractivity contribution in [2.45, 2.75) is 12.5 Å². The molecule has 1 aromatic carbocycles. The Hall–Kier alpha value is -2.90. The number of ether oxygens (including phenoxy) is 1. The van der Waals surface area contributed by atoms with Gasteiger partial charge in [-0.3, -0.25) is 14.9 Å². The maximum absolute atomic E-state index is 12.0. The lowest BCUT2D eigenvalue weighted by molar-refractivity contribution is -0.123. The number of methoxy groups -OCH3 is 1. The normalized spacial score (nSPS) is 16.2. The van der Waals surface area contributed by atoms with Crippen molar-refractivity contribution in [3.8, 4) is 5.75 Å². The van der Waals surface area contributed by atoms with E-state index in [2.05, 4.69) is 20.7 Å². The quantitative estimate of drug-likeness (QED) is 0.867. The molecule has 0 unspecified atom stereocenters. The first-order valence-electron chi connectivity index (χ1n) is 6.31. The lowest BCUT2D eigenvalue weighted by Gasteiger charge is -2.10. The number of fused-ring (bicyclic) bond motifs is 1. The van der Waals surface area contributed by atoms with Crippen LogP contribution in [0.1, 0.15) is 12.5 Å². The summed E-state index contributed by atoms with van der Waals surface area (Å²) in [5.74, 6) is 0.511. The van der Waals surface area contributed by atoms with Crippen LogP contribution >= 0.6 is 0 Å². The second kappa shape index (κ2) is 5.23. The van der Waals surface area contributed by atoms with Crippen molar-refractivity contribution < 1.29 is 14.3 Å². The van der Waals surface area contributed by atoms with E-state index >= 15 is 0 Å². The summed E-state index contributed by atoms with van der Waals surface area (Å²) >= 11 is 0. The molecule has 8 heteroatoms. The van der Waals surface area contributed by atoms with Crippen LogP contribution in [0.3, 0.4) is 0 Å². The third-order valence-electron chi connectivity index (χ3n) is 3.16. The summed E-state index contributed by atoms with van der Waals surface area (Å²) in [6, 6.07) is 6.28. The molecule has 0 saturated carbocycles. The summed E-state index contributed by atoms with van der Waals surface area (Å²) in [5.41, 5.74) is 0.637. The number of nitrogens with one attached hydrogen (secondary N) is 2. The minimum atomic E-state index is -0.666. The fourth-order valence-corrected chi connectivity index (χ4v) is 2.11. The van der Waals surface area contributed by atoms with Crippen LogP contribution in [0.15, 0.2) is 30.6 Å². The summed E-state index contributed by atoms with van der Waals surface area (Å²) in [4.78, 5) is 27.7. The maximum Gasteiger partial charge on any atom is 0.252 e. The molecule has 21 heavy (non-hydrogen) atoms. The van der Waals surface area contributed by atoms with Gasteiger partial charge in [0.05, 0.1) is 13.5 Å². The summed E-state index contributed by atoms with van der Waals surface area (Å²) in [5, 5.41) is 9.23. The molecule has 0 aliphatic carbocycles. The second-order valence-electron chi connectivity index (χ2n) is 4.51. The van der Waals surface area contributed by atoms with Crippen molar-refractivity contribution in [3.63, 3.8) is 0 Å². The Morgan fingerprint density at radius 3 is 2.90 bits per heavy atom. The van der Waals surface area contributed by atoms with E-state index in [1.807, 2.05) is 0 Å². The van der Waals surface area contributed by atoms with Crippen LogP contribution in [0.4, 0.5) is 11.6 Å². The van der Waals surface area contributed by atoms with Crippen molar-refractivity contribution in [1.82, 2.24) is 14.8 Å². The van der Waals surface area contributed by atoms with Crippen LogP contribution in [0.2, 0.25) is 0 Å². The van der Waals surface area contributed by atoms with E-state index < -0.39 is 6.04 Å². The van der Waals surface area contributed by atoms with Gasteiger partial charge in [0.25, 0.3) is 5.91 Å². The first kappa shape index (κ1) is 13.1. The van der Waals surface area contributed by atoms with Crippen molar-refractivity contribution in [3.05, 3.63) is 30.6 Å². The number of carbonyl (C=O) groups is 2. The van der Waals surface area contributed by atoms with Crippen molar-refractivity contribution in [1.29, 1.82) is 0 Å². The fraction of sp³-hybridized carbons (Fsp3) is 0.231. The molecular formula is C13H13N5O3. The zero-order valence-electron chi connectivity index (χ0n) is 11.2. The van der Waals surface area contributed by atoms with E-state index in [1.54, 1.807) is 31.4 Å². The van der Waals surface area contributed by atoms with Gasteiger partial charge in [-0.15, -0.1) is 0 Å². The molecule has 1 atom stereocenters. The Bertz CT molecular complexity index is 679. The van der Waals surface area contributed by atoms with Gasteiger partial charge >= 0.3 is 0 Å². The Morgan fingerprint density at radius 1 is 1.43 bits per heavy atom. The van der Waals surface area contributed by atoms with Gasteiger partial charge in [0.15, 0.2) is 0 Å². The molecule has 2 heterocycles. The van der Waals surface area contributed by atoms with Crippen LogP contribution < -0.4 is 15.4 Å². The van der Waals surface area contributed by atoms with Gasteiger partial charge in [0.1, 0.15) is 18.1 Å². The highest BCUT2D eigenvalue weighted by Gasteiger charge is 2.33. The Labute approximate surface area is 120 Å². The molecule has 0 fully saturated rings. The van der Waals surface area contributed by atoms with Crippen LogP contribution in [0, 0.1) is 0 Å². The molecule has 0 spiro atoms. The lowest BCUT2D eigenvalue weighted by Crippen LogP contribution is -2.23. The number of nitrogens with zero attached hydrogens (tertiary/aromatic N) is 3. The van der Waals surface area contributed by atoms with E-state index in [0.29, 0.717) is 17.4 Å². The van der Waals surface area contributed by atoms with Crippen LogP contribution in [-0.4, -0.2) is 33.7 Å². The molecule has 8 nitrogen and oxygen atoms in total. The summed E-state index contributed by atoms with van der Waals surface area (Å²) in [7, 11) is 1.57. The van der Waals surface area contributed by atoms with E-state index in [4.69, 9.17) is 4.74 Å². The standard InChI is InChI=1S/C13H13N5O3/c1-21-9-4-2-8(3-5-9)16-11(19)6-10-12(20)17-13-14-7-15-18(10)13/h2-5,7,10H,6H2,1H3,(H,16,19)(H,14,15,17,20)/t10-/m0/s1. The summed E-state index contributed by atoms with van der Waals surface area (Å²) < 4.78 is 6.45. The average molecular weight is 287 g/mol. The molecule has 2 amide bonds. The third-order valence-corrected chi connectivity index (χ3v) is 3.16. The smallest absolute Gasteiger partial charge is 0.252 e. The average Bonchev–Trinajstić information content (AvgIpc) is 3.03. The molecule has 0 saturated heterocycles. The molecule has 1 aliphatic rings. The van der Waals surface area contributed by atoms with Gasteiger partial charge in [-0.2, -0.15) is 10.1 Å². The minimum absolute atomic E-state index is 0.00573. The molecular weight excluding hydrogens is 274 g/mol. The molecule has 1 aliphatic heterocycles. The molecule has 3 rings (SSSR count). The summed E-state index contributed by atoms with van der Waals surface area (Å²) in [6.07, 6.45) is 1.33. The molecule has 1 aromatic heterocycles. The van der Waals surface area contributed by atoms with Crippen molar-refractivity contribution >= 4 is 23.5 Å². The fourth-order valence-electron chi connectivity index (χ4n) is 2.11. The number of hydrogen-bond donors (Lipinski definition) is 2. The first-order chi connectivity index (χ1) is 10.2. The SMILES string of the molecule is COc1ccc(NC(=O)C[C@H]2C(=O)Nc3ncnn32)cc1. The first-order valence-corrected chi connectivity index (χ1v) is 6.31. The molecule has 108 valence electrons. The van der Waals surface area contributed by atoms with Gasteiger partial charge in [-0.05, 0) is 24.3 Å². The Morgan fingerprint density at radius 2 is 2.19 bits per heavy atom.